The van der Waals surface area contributed by atoms with Gasteiger partial charge in [-0.2, -0.15) is 0 Å². The average Bonchev–Trinajstić information content (AvgIpc) is 3.12. The Morgan fingerprint density at radius 1 is 1.16 bits per heavy atom. The maximum Gasteiger partial charge on any atom is 0.229 e. The topological polar surface area (TPSA) is 71.5 Å². The highest BCUT2D eigenvalue weighted by Gasteiger charge is 2.35. The van der Waals surface area contributed by atoms with E-state index in [9.17, 15) is 18.4 Å². The smallest absolute Gasteiger partial charge is 0.229 e. The molecule has 1 aromatic heterocycles. The molecule has 1 aliphatic rings. The van der Waals surface area contributed by atoms with E-state index in [0.29, 0.717) is 17.2 Å². The lowest BCUT2D eigenvalue weighted by Gasteiger charge is -2.17. The predicted molar refractivity (Wildman–Crippen MR) is 111 cm³/mol. The molecule has 2 amide bonds. The van der Waals surface area contributed by atoms with Crippen LogP contribution in [0, 0.1) is 24.5 Å². The Hall–Kier alpha value is -3.81. The van der Waals surface area contributed by atoms with E-state index in [1.54, 1.807) is 42.7 Å². The minimum atomic E-state index is -0.778. The van der Waals surface area contributed by atoms with Gasteiger partial charge < -0.3 is 15.0 Å². The molecule has 0 saturated carbocycles. The summed E-state index contributed by atoms with van der Waals surface area (Å²) in [7, 11) is 0. The molecular weight excluding hydrogens is 404 g/mol. The maximum absolute atomic E-state index is 13.5. The molecule has 1 N–H and O–H groups in total. The lowest BCUT2D eigenvalue weighted by molar-refractivity contribution is -0.122. The van der Waals surface area contributed by atoms with Crippen LogP contribution in [0.3, 0.4) is 0 Å². The van der Waals surface area contributed by atoms with E-state index in [0.717, 1.165) is 23.8 Å². The van der Waals surface area contributed by atoms with Crippen molar-refractivity contribution in [3.8, 4) is 11.5 Å². The van der Waals surface area contributed by atoms with Gasteiger partial charge in [0.2, 0.25) is 11.8 Å². The fraction of sp³-hybridized carbons (Fsp3) is 0.174. The van der Waals surface area contributed by atoms with Crippen LogP contribution in [0.1, 0.15) is 12.0 Å². The van der Waals surface area contributed by atoms with Crippen LogP contribution in [-0.4, -0.2) is 23.3 Å². The first-order valence-corrected chi connectivity index (χ1v) is 9.65. The fourth-order valence-corrected chi connectivity index (χ4v) is 3.45. The first-order chi connectivity index (χ1) is 14.9. The number of rotatable bonds is 5. The van der Waals surface area contributed by atoms with Gasteiger partial charge in [-0.3, -0.25) is 14.6 Å². The van der Waals surface area contributed by atoms with Crippen molar-refractivity contribution in [3.05, 3.63) is 78.1 Å². The van der Waals surface area contributed by atoms with Gasteiger partial charge in [-0.05, 0) is 55.0 Å². The van der Waals surface area contributed by atoms with Gasteiger partial charge in [-0.1, -0.05) is 0 Å². The van der Waals surface area contributed by atoms with Crippen molar-refractivity contribution in [2.45, 2.75) is 13.3 Å². The van der Waals surface area contributed by atoms with Crippen molar-refractivity contribution < 1.29 is 23.1 Å². The van der Waals surface area contributed by atoms with Crippen molar-refractivity contribution in [3.63, 3.8) is 0 Å². The van der Waals surface area contributed by atoms with Crippen molar-refractivity contribution in [1.29, 1.82) is 0 Å². The number of halogens is 2. The summed E-state index contributed by atoms with van der Waals surface area (Å²) in [5.41, 5.74) is 1.47. The molecule has 0 bridgehead atoms. The number of hydrogen-bond donors (Lipinski definition) is 1. The van der Waals surface area contributed by atoms with Gasteiger partial charge in [0, 0.05) is 36.6 Å². The summed E-state index contributed by atoms with van der Waals surface area (Å²) in [5, 5.41) is 2.80. The van der Waals surface area contributed by atoms with Crippen molar-refractivity contribution in [1.82, 2.24) is 4.98 Å². The fourth-order valence-electron chi connectivity index (χ4n) is 3.45. The SMILES string of the molecule is Cc1cc(NC(=O)[C@@H]2CC(=O)N(c3cc(F)cc(F)c3)C2)ccc1Oc1cccnc1. The molecule has 6 nitrogen and oxygen atoms in total. The molecular formula is C23H19F2N3O3. The van der Waals surface area contributed by atoms with E-state index in [2.05, 4.69) is 10.3 Å². The second-order valence-corrected chi connectivity index (χ2v) is 7.29. The molecule has 1 fully saturated rings. The van der Waals surface area contributed by atoms with Crippen molar-refractivity contribution in [2.75, 3.05) is 16.8 Å². The predicted octanol–water partition coefficient (Wildman–Crippen LogP) is 4.45. The van der Waals surface area contributed by atoms with Crippen LogP contribution < -0.4 is 15.0 Å². The molecule has 0 radical (unpaired) electrons. The molecule has 0 unspecified atom stereocenters. The molecule has 8 heteroatoms. The summed E-state index contributed by atoms with van der Waals surface area (Å²) in [6.07, 6.45) is 3.21. The minimum Gasteiger partial charge on any atom is -0.455 e. The first kappa shape index (κ1) is 20.5. The normalized spacial score (nSPS) is 15.8. The Labute approximate surface area is 177 Å². The Kier molecular flexibility index (Phi) is 5.62. The summed E-state index contributed by atoms with van der Waals surface area (Å²) >= 11 is 0. The Morgan fingerprint density at radius 3 is 2.61 bits per heavy atom. The Bertz CT molecular complexity index is 1120. The van der Waals surface area contributed by atoms with Crippen LogP contribution in [-0.2, 0) is 9.59 Å². The zero-order valence-corrected chi connectivity index (χ0v) is 16.6. The van der Waals surface area contributed by atoms with Crippen LogP contribution in [0.25, 0.3) is 0 Å². The Morgan fingerprint density at radius 2 is 1.94 bits per heavy atom. The summed E-state index contributed by atoms with van der Waals surface area (Å²) in [6, 6.07) is 11.6. The molecule has 4 rings (SSSR count). The third-order valence-electron chi connectivity index (χ3n) is 4.96. The summed E-state index contributed by atoms with van der Waals surface area (Å²) in [4.78, 5) is 30.2. The molecule has 1 aliphatic heterocycles. The summed E-state index contributed by atoms with van der Waals surface area (Å²) in [5.74, 6) is -1.67. The van der Waals surface area contributed by atoms with Gasteiger partial charge in [0.1, 0.15) is 23.1 Å². The lowest BCUT2D eigenvalue weighted by atomic mass is 10.1. The van der Waals surface area contributed by atoms with Gasteiger partial charge in [-0.25, -0.2) is 8.78 Å². The molecule has 2 aromatic carbocycles. The molecule has 0 aliphatic carbocycles. The van der Waals surface area contributed by atoms with E-state index in [1.165, 1.54) is 4.90 Å². The van der Waals surface area contributed by atoms with Gasteiger partial charge in [0.05, 0.1) is 12.1 Å². The number of hydrogen-bond acceptors (Lipinski definition) is 4. The highest BCUT2D eigenvalue weighted by Crippen LogP contribution is 2.29. The second kappa shape index (κ2) is 8.51. The highest BCUT2D eigenvalue weighted by atomic mass is 19.1. The quantitative estimate of drug-likeness (QED) is 0.658. The molecule has 2 heterocycles. The first-order valence-electron chi connectivity index (χ1n) is 9.65. The van der Waals surface area contributed by atoms with Crippen LogP contribution in [0.2, 0.25) is 0 Å². The number of anilines is 2. The van der Waals surface area contributed by atoms with Crippen LogP contribution >= 0.6 is 0 Å². The van der Waals surface area contributed by atoms with E-state index in [4.69, 9.17) is 4.74 Å². The van der Waals surface area contributed by atoms with Gasteiger partial charge in [0.15, 0.2) is 0 Å². The monoisotopic (exact) mass is 423 g/mol. The number of carbonyl (C=O) groups excluding carboxylic acids is 2. The van der Waals surface area contributed by atoms with Gasteiger partial charge in [-0.15, -0.1) is 0 Å². The molecule has 158 valence electrons. The maximum atomic E-state index is 13.5. The van der Waals surface area contributed by atoms with E-state index < -0.39 is 17.6 Å². The lowest BCUT2D eigenvalue weighted by Crippen LogP contribution is -2.28. The van der Waals surface area contributed by atoms with Crippen molar-refractivity contribution in [2.24, 2.45) is 5.92 Å². The number of aryl methyl sites for hydroxylation is 1. The van der Waals surface area contributed by atoms with Gasteiger partial charge in [0.25, 0.3) is 0 Å². The Balaban J connectivity index is 1.42. The number of carbonyl (C=O) groups is 2. The zero-order valence-electron chi connectivity index (χ0n) is 16.6. The van der Waals surface area contributed by atoms with Crippen molar-refractivity contribution >= 4 is 23.2 Å². The third kappa shape index (κ3) is 4.69. The van der Waals surface area contributed by atoms with E-state index in [-0.39, 0.29) is 30.5 Å². The number of nitrogens with one attached hydrogen (secondary N) is 1. The van der Waals surface area contributed by atoms with Gasteiger partial charge >= 0.3 is 0 Å². The molecule has 1 atom stereocenters. The third-order valence-corrected chi connectivity index (χ3v) is 4.96. The number of ether oxygens (including phenoxy) is 1. The highest BCUT2D eigenvalue weighted by molar-refractivity contribution is 6.03. The minimum absolute atomic E-state index is 0.0366. The number of benzene rings is 2. The average molecular weight is 423 g/mol. The van der Waals surface area contributed by atoms with Crippen LogP contribution in [0.5, 0.6) is 11.5 Å². The molecule has 31 heavy (non-hydrogen) atoms. The molecule has 0 spiro atoms. The van der Waals surface area contributed by atoms with Crippen LogP contribution in [0.15, 0.2) is 60.9 Å². The van der Waals surface area contributed by atoms with Crippen LogP contribution in [0.4, 0.5) is 20.2 Å². The largest absolute Gasteiger partial charge is 0.455 e. The van der Waals surface area contributed by atoms with E-state index >= 15 is 0 Å². The van der Waals surface area contributed by atoms with E-state index in [1.807, 2.05) is 6.92 Å². The molecule has 1 saturated heterocycles. The summed E-state index contributed by atoms with van der Waals surface area (Å²) in [6.45, 7) is 1.90. The number of nitrogens with zero attached hydrogens (tertiary/aromatic N) is 2. The summed E-state index contributed by atoms with van der Waals surface area (Å²) < 4.78 is 32.8. The number of aromatic nitrogens is 1. The zero-order chi connectivity index (χ0) is 22.0. The number of amides is 2. The number of pyridine rings is 1. The standard InChI is InChI=1S/C23H19F2N3O3/c1-14-7-18(4-5-21(14)31-20-3-2-6-26-12-20)27-23(30)15-8-22(29)28(13-15)19-10-16(24)9-17(25)11-19/h2-7,9-12,15H,8,13H2,1H3,(H,27,30)/t15-/m1/s1. The second-order valence-electron chi connectivity index (χ2n) is 7.29. The molecule has 3 aromatic rings.